The summed E-state index contributed by atoms with van der Waals surface area (Å²) in [4.78, 5) is 12.1. The fourth-order valence-corrected chi connectivity index (χ4v) is 3.11. The van der Waals surface area contributed by atoms with Crippen molar-refractivity contribution in [2.45, 2.75) is 44.9 Å². The van der Waals surface area contributed by atoms with Crippen molar-refractivity contribution < 1.29 is 0 Å². The lowest BCUT2D eigenvalue weighted by molar-refractivity contribution is 0.428. The van der Waals surface area contributed by atoms with Gasteiger partial charge in [-0.15, -0.1) is 0 Å². The van der Waals surface area contributed by atoms with E-state index in [-0.39, 0.29) is 5.56 Å². The lowest BCUT2D eigenvalue weighted by Gasteiger charge is -2.24. The van der Waals surface area contributed by atoms with Crippen molar-refractivity contribution in [2.75, 3.05) is 5.84 Å². The molecule has 1 saturated carbocycles. The van der Waals surface area contributed by atoms with E-state index in [1.807, 2.05) is 30.0 Å². The Labute approximate surface area is 118 Å². The van der Waals surface area contributed by atoms with Gasteiger partial charge in [0.25, 0.3) is 5.56 Å². The van der Waals surface area contributed by atoms with Gasteiger partial charge in [-0.05, 0) is 37.5 Å². The molecule has 0 bridgehead atoms. The highest BCUT2D eigenvalue weighted by Crippen LogP contribution is 2.32. The molecule has 2 aromatic rings. The van der Waals surface area contributed by atoms with Gasteiger partial charge in [-0.3, -0.25) is 4.79 Å². The number of nitrogens with two attached hydrogens (primary N) is 1. The zero-order chi connectivity index (χ0) is 14.1. The summed E-state index contributed by atoms with van der Waals surface area (Å²) in [5.41, 5.74) is 2.93. The van der Waals surface area contributed by atoms with Crippen LogP contribution in [0.5, 0.6) is 0 Å². The standard InChI is InChI=1S/C16H21N3O/c1-12-7-8-18(11-12)14-9-15(19(17)16(20)10-14)13-5-3-2-4-6-13/h7-11,13H,2-6,17H2,1H3. The third-order valence-electron chi connectivity index (χ3n) is 4.25. The average Bonchev–Trinajstić information content (AvgIpc) is 2.89. The van der Waals surface area contributed by atoms with Gasteiger partial charge in [-0.2, -0.15) is 0 Å². The summed E-state index contributed by atoms with van der Waals surface area (Å²) in [5.74, 6) is 6.38. The van der Waals surface area contributed by atoms with E-state index in [1.54, 1.807) is 6.07 Å². The Morgan fingerprint density at radius 2 is 1.95 bits per heavy atom. The van der Waals surface area contributed by atoms with Crippen LogP contribution < -0.4 is 11.4 Å². The number of rotatable bonds is 2. The van der Waals surface area contributed by atoms with Crippen LogP contribution in [-0.4, -0.2) is 9.24 Å². The highest BCUT2D eigenvalue weighted by Gasteiger charge is 2.19. The van der Waals surface area contributed by atoms with Crippen molar-refractivity contribution in [3.63, 3.8) is 0 Å². The SMILES string of the molecule is Cc1ccn(-c2cc(C3CCCCC3)n(N)c(=O)c2)c1. The van der Waals surface area contributed by atoms with Gasteiger partial charge in [0, 0.05) is 30.1 Å². The molecule has 0 saturated heterocycles. The van der Waals surface area contributed by atoms with E-state index in [0.29, 0.717) is 5.92 Å². The third-order valence-corrected chi connectivity index (χ3v) is 4.25. The first-order valence-electron chi connectivity index (χ1n) is 7.32. The predicted molar refractivity (Wildman–Crippen MR) is 80.7 cm³/mol. The number of nitrogen functional groups attached to an aromatic ring is 1. The second kappa shape index (κ2) is 5.19. The molecule has 1 aliphatic rings. The van der Waals surface area contributed by atoms with E-state index in [2.05, 4.69) is 6.07 Å². The third kappa shape index (κ3) is 2.38. The Hall–Kier alpha value is -1.97. The van der Waals surface area contributed by atoms with Gasteiger partial charge < -0.3 is 10.4 Å². The molecule has 0 aromatic carbocycles. The first kappa shape index (κ1) is 13.0. The van der Waals surface area contributed by atoms with Crippen molar-refractivity contribution in [3.05, 3.63) is 52.2 Å². The molecule has 0 atom stereocenters. The number of aromatic nitrogens is 2. The van der Waals surface area contributed by atoms with Gasteiger partial charge in [-0.1, -0.05) is 19.3 Å². The van der Waals surface area contributed by atoms with E-state index in [4.69, 9.17) is 5.84 Å². The molecule has 1 fully saturated rings. The van der Waals surface area contributed by atoms with Gasteiger partial charge in [0.05, 0.1) is 5.69 Å². The molecular formula is C16H21N3O. The van der Waals surface area contributed by atoms with Crippen molar-refractivity contribution in [1.29, 1.82) is 0 Å². The van der Waals surface area contributed by atoms with Crippen LogP contribution in [0.1, 0.15) is 49.3 Å². The molecular weight excluding hydrogens is 250 g/mol. The summed E-state index contributed by atoms with van der Waals surface area (Å²) in [6.07, 6.45) is 10.0. The lowest BCUT2D eigenvalue weighted by atomic mass is 9.86. The van der Waals surface area contributed by atoms with Gasteiger partial charge in [0.1, 0.15) is 0 Å². The molecule has 20 heavy (non-hydrogen) atoms. The summed E-state index contributed by atoms with van der Waals surface area (Å²) in [6, 6.07) is 5.71. The van der Waals surface area contributed by atoms with Crippen molar-refractivity contribution in [3.8, 4) is 5.69 Å². The monoisotopic (exact) mass is 271 g/mol. The van der Waals surface area contributed by atoms with Crippen LogP contribution in [0.25, 0.3) is 5.69 Å². The molecule has 1 aliphatic carbocycles. The normalized spacial score (nSPS) is 16.4. The maximum Gasteiger partial charge on any atom is 0.270 e. The Kier molecular flexibility index (Phi) is 3.38. The zero-order valence-corrected chi connectivity index (χ0v) is 11.9. The molecule has 0 aliphatic heterocycles. The molecule has 0 spiro atoms. The van der Waals surface area contributed by atoms with E-state index in [0.717, 1.165) is 24.2 Å². The molecule has 3 rings (SSSR count). The van der Waals surface area contributed by atoms with Crippen molar-refractivity contribution >= 4 is 0 Å². The highest BCUT2D eigenvalue weighted by molar-refractivity contribution is 5.36. The minimum Gasteiger partial charge on any atom is -0.336 e. The summed E-state index contributed by atoms with van der Waals surface area (Å²) >= 11 is 0. The fourth-order valence-electron chi connectivity index (χ4n) is 3.11. The van der Waals surface area contributed by atoms with Crippen LogP contribution in [0, 0.1) is 6.92 Å². The molecule has 4 nitrogen and oxygen atoms in total. The smallest absolute Gasteiger partial charge is 0.270 e. The second-order valence-corrected chi connectivity index (χ2v) is 5.78. The Morgan fingerprint density at radius 3 is 2.60 bits per heavy atom. The lowest BCUT2D eigenvalue weighted by Crippen LogP contribution is -2.32. The zero-order valence-electron chi connectivity index (χ0n) is 11.9. The van der Waals surface area contributed by atoms with E-state index in [1.165, 1.54) is 29.5 Å². The van der Waals surface area contributed by atoms with Gasteiger partial charge in [0.2, 0.25) is 0 Å². The molecule has 0 amide bonds. The number of nitrogens with zero attached hydrogens (tertiary/aromatic N) is 2. The Morgan fingerprint density at radius 1 is 1.20 bits per heavy atom. The topological polar surface area (TPSA) is 52.9 Å². The van der Waals surface area contributed by atoms with Gasteiger partial charge in [0.15, 0.2) is 0 Å². The van der Waals surface area contributed by atoms with Crippen LogP contribution >= 0.6 is 0 Å². The summed E-state index contributed by atoms with van der Waals surface area (Å²) in [6.45, 7) is 2.04. The summed E-state index contributed by atoms with van der Waals surface area (Å²) in [5, 5.41) is 0. The summed E-state index contributed by atoms with van der Waals surface area (Å²) in [7, 11) is 0. The van der Waals surface area contributed by atoms with Gasteiger partial charge >= 0.3 is 0 Å². The molecule has 2 N–H and O–H groups in total. The van der Waals surface area contributed by atoms with Crippen LogP contribution in [0.15, 0.2) is 35.4 Å². The number of hydrogen-bond donors (Lipinski definition) is 1. The Bertz CT molecular complexity index is 663. The van der Waals surface area contributed by atoms with Crippen LogP contribution in [-0.2, 0) is 0 Å². The quantitative estimate of drug-likeness (QED) is 0.854. The number of pyridine rings is 1. The largest absolute Gasteiger partial charge is 0.336 e. The van der Waals surface area contributed by atoms with E-state index in [9.17, 15) is 4.79 Å². The first-order valence-corrected chi connectivity index (χ1v) is 7.32. The maximum absolute atomic E-state index is 12.1. The maximum atomic E-state index is 12.1. The van der Waals surface area contributed by atoms with E-state index >= 15 is 0 Å². The molecule has 0 unspecified atom stereocenters. The number of hydrogen-bond acceptors (Lipinski definition) is 2. The first-order chi connectivity index (χ1) is 9.65. The fraction of sp³-hybridized carbons (Fsp3) is 0.438. The summed E-state index contributed by atoms with van der Waals surface area (Å²) < 4.78 is 3.32. The van der Waals surface area contributed by atoms with Crippen molar-refractivity contribution in [1.82, 2.24) is 9.24 Å². The van der Waals surface area contributed by atoms with Crippen molar-refractivity contribution in [2.24, 2.45) is 0 Å². The average molecular weight is 271 g/mol. The molecule has 2 aromatic heterocycles. The highest BCUT2D eigenvalue weighted by atomic mass is 16.1. The minimum atomic E-state index is -0.130. The van der Waals surface area contributed by atoms with E-state index < -0.39 is 0 Å². The number of aryl methyl sites for hydroxylation is 1. The molecule has 106 valence electrons. The predicted octanol–water partition coefficient (Wildman–Crippen LogP) is 2.71. The Balaban J connectivity index is 2.05. The molecule has 2 heterocycles. The van der Waals surface area contributed by atoms with Crippen LogP contribution in [0.2, 0.25) is 0 Å². The second-order valence-electron chi connectivity index (χ2n) is 5.78. The molecule has 0 radical (unpaired) electrons. The molecule has 4 heteroatoms. The van der Waals surface area contributed by atoms with Gasteiger partial charge in [-0.25, -0.2) is 4.68 Å². The van der Waals surface area contributed by atoms with Crippen LogP contribution in [0.3, 0.4) is 0 Å². The van der Waals surface area contributed by atoms with Crippen LogP contribution in [0.4, 0.5) is 0 Å². The minimum absolute atomic E-state index is 0.130.